The van der Waals surface area contributed by atoms with Gasteiger partial charge in [-0.2, -0.15) is 0 Å². The number of benzene rings is 2. The fourth-order valence-corrected chi connectivity index (χ4v) is 2.25. The number of nitrogens with one attached hydrogen (secondary N) is 3. The van der Waals surface area contributed by atoms with Crippen LogP contribution in [0.3, 0.4) is 0 Å². The summed E-state index contributed by atoms with van der Waals surface area (Å²) in [6.45, 7) is 0. The zero-order valence-corrected chi connectivity index (χ0v) is 13.0. The Labute approximate surface area is 138 Å². The molecule has 3 amide bonds. The number of amides is 3. The lowest BCUT2D eigenvalue weighted by Crippen LogP contribution is -2.24. The van der Waals surface area contributed by atoms with Crippen LogP contribution in [0.15, 0.2) is 53.1 Å². The number of para-hydroxylation sites is 1. The molecule has 0 spiro atoms. The summed E-state index contributed by atoms with van der Waals surface area (Å²) in [5.41, 5.74) is 2.52. The minimum atomic E-state index is -0.301. The number of nitrogens with zero attached hydrogens (tertiary/aromatic N) is 1. The number of hydrogen-bond acceptors (Lipinski definition) is 4. The molecule has 0 saturated carbocycles. The zero-order valence-electron chi connectivity index (χ0n) is 13.0. The van der Waals surface area contributed by atoms with Crippen molar-refractivity contribution in [2.45, 2.75) is 6.42 Å². The Bertz CT molecular complexity index is 871. The van der Waals surface area contributed by atoms with E-state index in [-0.39, 0.29) is 18.4 Å². The number of hydrogen-bond donors (Lipinski definition) is 3. The summed E-state index contributed by atoms with van der Waals surface area (Å²) in [5.74, 6) is -0.193. The van der Waals surface area contributed by atoms with Crippen molar-refractivity contribution in [3.8, 4) is 0 Å². The average Bonchev–Trinajstić information content (AvgIpc) is 2.99. The quantitative estimate of drug-likeness (QED) is 0.687. The molecular formula is C17H16N4O3. The summed E-state index contributed by atoms with van der Waals surface area (Å²) < 4.78 is 5.19. The molecule has 7 nitrogen and oxygen atoms in total. The highest BCUT2D eigenvalue weighted by Crippen LogP contribution is 2.19. The molecule has 3 aromatic rings. The number of urea groups is 1. The van der Waals surface area contributed by atoms with Crippen LogP contribution in [0.25, 0.3) is 11.0 Å². The molecule has 0 aliphatic heterocycles. The van der Waals surface area contributed by atoms with Gasteiger partial charge in [-0.1, -0.05) is 17.3 Å². The molecule has 0 atom stereocenters. The molecule has 1 heterocycles. The standard InChI is InChI=1S/C17H16N4O3/c1-18-17(23)20-12-8-6-11(7-9-12)19-16(22)10-14-13-4-2-3-5-15(13)24-21-14/h2-9H,10H2,1H3,(H,19,22)(H2,18,20,23). The molecule has 0 bridgehead atoms. The third-order valence-corrected chi connectivity index (χ3v) is 3.43. The predicted octanol–water partition coefficient (Wildman–Crippen LogP) is 2.76. The van der Waals surface area contributed by atoms with Crippen LogP contribution in [0.1, 0.15) is 5.69 Å². The molecule has 24 heavy (non-hydrogen) atoms. The number of rotatable bonds is 4. The first-order chi connectivity index (χ1) is 11.7. The average molecular weight is 324 g/mol. The van der Waals surface area contributed by atoms with E-state index in [0.29, 0.717) is 22.7 Å². The van der Waals surface area contributed by atoms with Crippen LogP contribution in [0.4, 0.5) is 16.2 Å². The maximum atomic E-state index is 12.2. The molecule has 3 rings (SSSR count). The van der Waals surface area contributed by atoms with Gasteiger partial charge in [-0.15, -0.1) is 0 Å². The Morgan fingerprint density at radius 2 is 1.67 bits per heavy atom. The molecule has 0 aliphatic carbocycles. The fraction of sp³-hybridized carbons (Fsp3) is 0.118. The zero-order chi connectivity index (χ0) is 16.9. The Morgan fingerprint density at radius 1 is 1.00 bits per heavy atom. The molecule has 0 unspecified atom stereocenters. The van der Waals surface area contributed by atoms with E-state index >= 15 is 0 Å². The Kier molecular flexibility index (Phi) is 4.42. The van der Waals surface area contributed by atoms with E-state index < -0.39 is 0 Å². The summed E-state index contributed by atoms with van der Waals surface area (Å²) in [6.07, 6.45) is 0.120. The highest BCUT2D eigenvalue weighted by Gasteiger charge is 2.12. The van der Waals surface area contributed by atoms with Crippen LogP contribution in [-0.2, 0) is 11.2 Å². The van der Waals surface area contributed by atoms with Gasteiger partial charge in [0.05, 0.1) is 6.42 Å². The third kappa shape index (κ3) is 3.52. The molecule has 0 saturated heterocycles. The van der Waals surface area contributed by atoms with Crippen LogP contribution < -0.4 is 16.0 Å². The van der Waals surface area contributed by atoms with Crippen LogP contribution >= 0.6 is 0 Å². The van der Waals surface area contributed by atoms with Gasteiger partial charge >= 0.3 is 6.03 Å². The van der Waals surface area contributed by atoms with Crippen molar-refractivity contribution < 1.29 is 14.1 Å². The van der Waals surface area contributed by atoms with E-state index in [4.69, 9.17) is 4.52 Å². The first-order valence-corrected chi connectivity index (χ1v) is 7.37. The number of carbonyl (C=O) groups excluding carboxylic acids is 2. The van der Waals surface area contributed by atoms with E-state index in [1.54, 1.807) is 24.3 Å². The molecule has 2 aromatic carbocycles. The molecule has 122 valence electrons. The van der Waals surface area contributed by atoms with Gasteiger partial charge in [-0.05, 0) is 36.4 Å². The Hall–Kier alpha value is -3.35. The van der Waals surface area contributed by atoms with Crippen molar-refractivity contribution in [3.63, 3.8) is 0 Å². The molecule has 7 heteroatoms. The molecule has 0 aliphatic rings. The second-order valence-corrected chi connectivity index (χ2v) is 5.13. The van der Waals surface area contributed by atoms with Gasteiger partial charge in [0.25, 0.3) is 0 Å². The molecule has 1 aromatic heterocycles. The lowest BCUT2D eigenvalue weighted by Gasteiger charge is -2.07. The monoisotopic (exact) mass is 324 g/mol. The highest BCUT2D eigenvalue weighted by atomic mass is 16.5. The summed E-state index contributed by atoms with van der Waals surface area (Å²) in [6, 6.07) is 13.9. The lowest BCUT2D eigenvalue weighted by molar-refractivity contribution is -0.115. The van der Waals surface area contributed by atoms with E-state index in [9.17, 15) is 9.59 Å². The van der Waals surface area contributed by atoms with Crippen LogP contribution in [0.2, 0.25) is 0 Å². The summed E-state index contributed by atoms with van der Waals surface area (Å²) in [7, 11) is 1.54. The van der Waals surface area contributed by atoms with Crippen molar-refractivity contribution >= 4 is 34.3 Å². The van der Waals surface area contributed by atoms with Crippen molar-refractivity contribution in [3.05, 3.63) is 54.2 Å². The Balaban J connectivity index is 1.63. The van der Waals surface area contributed by atoms with Crippen molar-refractivity contribution in [1.29, 1.82) is 0 Å². The predicted molar refractivity (Wildman–Crippen MR) is 90.9 cm³/mol. The second kappa shape index (κ2) is 6.82. The smallest absolute Gasteiger partial charge is 0.318 e. The van der Waals surface area contributed by atoms with E-state index in [2.05, 4.69) is 21.1 Å². The van der Waals surface area contributed by atoms with Crippen molar-refractivity contribution in [2.75, 3.05) is 17.7 Å². The SMILES string of the molecule is CNC(=O)Nc1ccc(NC(=O)Cc2noc3ccccc23)cc1. The minimum Gasteiger partial charge on any atom is -0.356 e. The van der Waals surface area contributed by atoms with E-state index in [1.807, 2.05) is 24.3 Å². The normalized spacial score (nSPS) is 10.4. The molecule has 0 radical (unpaired) electrons. The second-order valence-electron chi connectivity index (χ2n) is 5.13. The van der Waals surface area contributed by atoms with Gasteiger partial charge < -0.3 is 20.5 Å². The lowest BCUT2D eigenvalue weighted by atomic mass is 10.1. The van der Waals surface area contributed by atoms with Gasteiger partial charge in [-0.25, -0.2) is 4.79 Å². The van der Waals surface area contributed by atoms with Gasteiger partial charge in [0.15, 0.2) is 5.58 Å². The topological polar surface area (TPSA) is 96.3 Å². The maximum Gasteiger partial charge on any atom is 0.318 e. The summed E-state index contributed by atoms with van der Waals surface area (Å²) in [4.78, 5) is 23.4. The van der Waals surface area contributed by atoms with E-state index in [1.165, 1.54) is 7.05 Å². The van der Waals surface area contributed by atoms with Gasteiger partial charge in [0, 0.05) is 23.8 Å². The van der Waals surface area contributed by atoms with Gasteiger partial charge in [-0.3, -0.25) is 4.79 Å². The third-order valence-electron chi connectivity index (χ3n) is 3.43. The van der Waals surface area contributed by atoms with Gasteiger partial charge in [0.2, 0.25) is 5.91 Å². The maximum absolute atomic E-state index is 12.2. The van der Waals surface area contributed by atoms with Crippen LogP contribution in [0.5, 0.6) is 0 Å². The number of carbonyl (C=O) groups is 2. The van der Waals surface area contributed by atoms with Crippen LogP contribution in [0, 0.1) is 0 Å². The van der Waals surface area contributed by atoms with Crippen molar-refractivity contribution in [1.82, 2.24) is 10.5 Å². The highest BCUT2D eigenvalue weighted by molar-refractivity contribution is 5.95. The summed E-state index contributed by atoms with van der Waals surface area (Å²) in [5, 5.41) is 12.7. The number of aromatic nitrogens is 1. The summed E-state index contributed by atoms with van der Waals surface area (Å²) >= 11 is 0. The number of fused-ring (bicyclic) bond motifs is 1. The fourth-order valence-electron chi connectivity index (χ4n) is 2.25. The molecular weight excluding hydrogens is 308 g/mol. The molecule has 3 N–H and O–H groups in total. The Morgan fingerprint density at radius 3 is 2.38 bits per heavy atom. The first kappa shape index (κ1) is 15.5. The van der Waals surface area contributed by atoms with Crippen molar-refractivity contribution in [2.24, 2.45) is 0 Å². The first-order valence-electron chi connectivity index (χ1n) is 7.37. The van der Waals surface area contributed by atoms with Crippen LogP contribution in [-0.4, -0.2) is 24.1 Å². The van der Waals surface area contributed by atoms with E-state index in [0.717, 1.165) is 5.39 Å². The number of anilines is 2. The molecule has 0 fully saturated rings. The largest absolute Gasteiger partial charge is 0.356 e. The van der Waals surface area contributed by atoms with Gasteiger partial charge in [0.1, 0.15) is 5.69 Å². The minimum absolute atomic E-state index is 0.120.